The number of halogens is 1. The highest BCUT2D eigenvalue weighted by molar-refractivity contribution is 9.10. The minimum atomic E-state index is -0.301. The molecule has 21 heavy (non-hydrogen) atoms. The Balaban J connectivity index is 1.78. The number of benzene rings is 2. The topological polar surface area (TPSA) is 50.7 Å². The lowest BCUT2D eigenvalue weighted by Crippen LogP contribution is -2.24. The maximum atomic E-state index is 11.6. The van der Waals surface area contributed by atoms with Crippen LogP contribution in [0.2, 0.25) is 0 Å². The van der Waals surface area contributed by atoms with Crippen LogP contribution in [0.1, 0.15) is 11.1 Å². The van der Waals surface area contributed by atoms with Gasteiger partial charge < -0.3 is 4.74 Å². The van der Waals surface area contributed by atoms with E-state index in [1.165, 1.54) is 0 Å². The molecule has 0 aliphatic heterocycles. The minimum absolute atomic E-state index is 0.0683. The Labute approximate surface area is 132 Å². The van der Waals surface area contributed by atoms with Gasteiger partial charge in [0.15, 0.2) is 6.61 Å². The molecule has 0 radical (unpaired) electrons. The van der Waals surface area contributed by atoms with Crippen LogP contribution in [-0.4, -0.2) is 18.7 Å². The van der Waals surface area contributed by atoms with E-state index in [0.717, 1.165) is 15.6 Å². The fourth-order valence-electron chi connectivity index (χ4n) is 1.61. The predicted octanol–water partition coefficient (Wildman–Crippen LogP) is 3.29. The monoisotopic (exact) mass is 346 g/mol. The van der Waals surface area contributed by atoms with Crippen molar-refractivity contribution in [3.05, 3.63) is 64.1 Å². The van der Waals surface area contributed by atoms with E-state index in [-0.39, 0.29) is 12.5 Å². The van der Waals surface area contributed by atoms with Crippen LogP contribution in [0.5, 0.6) is 5.75 Å². The number of carbonyl (C=O) groups is 1. The molecule has 1 amide bonds. The third-order valence-electron chi connectivity index (χ3n) is 2.63. The fourth-order valence-corrected chi connectivity index (χ4v) is 1.88. The molecule has 0 aliphatic carbocycles. The summed E-state index contributed by atoms with van der Waals surface area (Å²) < 4.78 is 6.37. The summed E-state index contributed by atoms with van der Waals surface area (Å²) in [6.07, 6.45) is 1.58. The van der Waals surface area contributed by atoms with Crippen molar-refractivity contribution in [2.24, 2.45) is 5.10 Å². The largest absolute Gasteiger partial charge is 0.484 e. The average Bonchev–Trinajstić information content (AvgIpc) is 2.47. The van der Waals surface area contributed by atoms with Crippen LogP contribution in [0.4, 0.5) is 0 Å². The number of rotatable bonds is 5. The maximum absolute atomic E-state index is 11.6. The van der Waals surface area contributed by atoms with Crippen LogP contribution < -0.4 is 10.2 Å². The van der Waals surface area contributed by atoms with Crippen molar-refractivity contribution >= 4 is 28.1 Å². The number of hydrogen-bond acceptors (Lipinski definition) is 3. The Kier molecular flexibility index (Phi) is 5.51. The molecule has 0 aromatic heterocycles. The van der Waals surface area contributed by atoms with Gasteiger partial charge in [-0.15, -0.1) is 0 Å². The molecule has 0 bridgehead atoms. The van der Waals surface area contributed by atoms with Gasteiger partial charge in [-0.25, -0.2) is 5.43 Å². The quantitative estimate of drug-likeness (QED) is 0.667. The van der Waals surface area contributed by atoms with Gasteiger partial charge in [0.25, 0.3) is 5.91 Å². The van der Waals surface area contributed by atoms with Gasteiger partial charge in [-0.1, -0.05) is 40.2 Å². The number of amides is 1. The molecule has 1 N–H and O–H groups in total. The zero-order valence-corrected chi connectivity index (χ0v) is 13.1. The van der Waals surface area contributed by atoms with Crippen molar-refractivity contribution in [2.45, 2.75) is 6.92 Å². The first kappa shape index (κ1) is 15.3. The van der Waals surface area contributed by atoms with Gasteiger partial charge in [0.05, 0.1) is 6.21 Å². The third kappa shape index (κ3) is 5.39. The molecule has 0 fully saturated rings. The van der Waals surface area contributed by atoms with Gasteiger partial charge in [-0.3, -0.25) is 4.79 Å². The molecule has 0 atom stereocenters. The highest BCUT2D eigenvalue weighted by atomic mass is 79.9. The lowest BCUT2D eigenvalue weighted by Gasteiger charge is -2.05. The summed E-state index contributed by atoms with van der Waals surface area (Å²) in [5.41, 5.74) is 4.41. The lowest BCUT2D eigenvalue weighted by molar-refractivity contribution is -0.123. The first-order valence-electron chi connectivity index (χ1n) is 6.40. The van der Waals surface area contributed by atoms with E-state index >= 15 is 0 Å². The first-order valence-corrected chi connectivity index (χ1v) is 7.20. The number of ether oxygens (including phenoxy) is 1. The SMILES string of the molecule is Cc1cccc(OCC(=O)NN=Cc2ccc(Br)cc2)c1. The van der Waals surface area contributed by atoms with Gasteiger partial charge in [0.1, 0.15) is 5.75 Å². The Morgan fingerprint density at radius 2 is 2.05 bits per heavy atom. The lowest BCUT2D eigenvalue weighted by atomic mass is 10.2. The Morgan fingerprint density at radius 3 is 2.76 bits per heavy atom. The van der Waals surface area contributed by atoms with Crippen LogP contribution in [0.3, 0.4) is 0 Å². The van der Waals surface area contributed by atoms with Crippen molar-refractivity contribution in [3.8, 4) is 5.75 Å². The zero-order chi connectivity index (χ0) is 15.1. The summed E-state index contributed by atoms with van der Waals surface area (Å²) in [5.74, 6) is 0.368. The molecule has 0 heterocycles. The van der Waals surface area contributed by atoms with Crippen molar-refractivity contribution in [2.75, 3.05) is 6.61 Å². The van der Waals surface area contributed by atoms with Crippen molar-refractivity contribution in [1.82, 2.24) is 5.43 Å². The normalized spacial score (nSPS) is 10.6. The Hall–Kier alpha value is -2.14. The summed E-state index contributed by atoms with van der Waals surface area (Å²) >= 11 is 3.35. The second kappa shape index (κ2) is 7.59. The number of carbonyl (C=O) groups excluding carboxylic acids is 1. The van der Waals surface area contributed by atoms with Crippen molar-refractivity contribution in [1.29, 1.82) is 0 Å². The van der Waals surface area contributed by atoms with Crippen molar-refractivity contribution < 1.29 is 9.53 Å². The second-order valence-corrected chi connectivity index (χ2v) is 5.37. The predicted molar refractivity (Wildman–Crippen MR) is 86.6 cm³/mol. The molecule has 5 heteroatoms. The maximum Gasteiger partial charge on any atom is 0.277 e. The highest BCUT2D eigenvalue weighted by Crippen LogP contribution is 2.12. The van der Waals surface area contributed by atoms with E-state index < -0.39 is 0 Å². The highest BCUT2D eigenvalue weighted by Gasteiger charge is 2.01. The van der Waals surface area contributed by atoms with E-state index in [2.05, 4.69) is 26.5 Å². The Bertz CT molecular complexity index is 639. The zero-order valence-electron chi connectivity index (χ0n) is 11.5. The van der Waals surface area contributed by atoms with E-state index in [0.29, 0.717) is 5.75 Å². The summed E-state index contributed by atoms with van der Waals surface area (Å²) in [6.45, 7) is 1.90. The van der Waals surface area contributed by atoms with Crippen LogP contribution >= 0.6 is 15.9 Å². The van der Waals surface area contributed by atoms with E-state index in [4.69, 9.17) is 4.74 Å². The molecule has 0 saturated heterocycles. The molecule has 108 valence electrons. The molecule has 0 aliphatic rings. The van der Waals surface area contributed by atoms with Crippen LogP contribution in [0, 0.1) is 6.92 Å². The first-order chi connectivity index (χ1) is 10.1. The summed E-state index contributed by atoms with van der Waals surface area (Å²) in [6, 6.07) is 15.1. The smallest absolute Gasteiger partial charge is 0.277 e. The molecule has 0 unspecified atom stereocenters. The van der Waals surface area contributed by atoms with Gasteiger partial charge >= 0.3 is 0 Å². The molecule has 0 spiro atoms. The number of nitrogens with one attached hydrogen (secondary N) is 1. The third-order valence-corrected chi connectivity index (χ3v) is 3.16. The summed E-state index contributed by atoms with van der Waals surface area (Å²) in [4.78, 5) is 11.6. The van der Waals surface area contributed by atoms with Gasteiger partial charge in [0, 0.05) is 4.47 Å². The van der Waals surface area contributed by atoms with Crippen LogP contribution in [0.25, 0.3) is 0 Å². The van der Waals surface area contributed by atoms with Crippen LogP contribution in [0.15, 0.2) is 58.1 Å². The van der Waals surface area contributed by atoms with Crippen LogP contribution in [-0.2, 0) is 4.79 Å². The number of hydrazone groups is 1. The molecular weight excluding hydrogens is 332 g/mol. The molecule has 2 aromatic rings. The van der Waals surface area contributed by atoms with E-state index in [1.807, 2.05) is 55.5 Å². The number of nitrogens with zero attached hydrogens (tertiary/aromatic N) is 1. The number of hydrogen-bond donors (Lipinski definition) is 1. The summed E-state index contributed by atoms with van der Waals surface area (Å²) in [7, 11) is 0. The molecule has 2 rings (SSSR count). The molecule has 2 aromatic carbocycles. The minimum Gasteiger partial charge on any atom is -0.484 e. The van der Waals surface area contributed by atoms with Gasteiger partial charge in [-0.05, 0) is 42.3 Å². The number of aryl methyl sites for hydroxylation is 1. The summed E-state index contributed by atoms with van der Waals surface area (Å²) in [5, 5.41) is 3.88. The fraction of sp³-hybridized carbons (Fsp3) is 0.125. The second-order valence-electron chi connectivity index (χ2n) is 4.45. The Morgan fingerprint density at radius 1 is 1.29 bits per heavy atom. The van der Waals surface area contributed by atoms with E-state index in [1.54, 1.807) is 6.21 Å². The molecular formula is C16H15BrN2O2. The van der Waals surface area contributed by atoms with Crippen molar-refractivity contribution in [3.63, 3.8) is 0 Å². The van der Waals surface area contributed by atoms with E-state index in [9.17, 15) is 4.79 Å². The molecule has 4 nitrogen and oxygen atoms in total. The van der Waals surface area contributed by atoms with Gasteiger partial charge in [0.2, 0.25) is 0 Å². The molecule has 0 saturated carbocycles. The average molecular weight is 347 g/mol. The standard InChI is InChI=1S/C16H15BrN2O2/c1-12-3-2-4-15(9-12)21-11-16(20)19-18-10-13-5-7-14(17)8-6-13/h2-10H,11H2,1H3,(H,19,20). The van der Waals surface area contributed by atoms with Gasteiger partial charge in [-0.2, -0.15) is 5.10 Å².